The molecule has 4 rings (SSSR count). The van der Waals surface area contributed by atoms with E-state index >= 15 is 0 Å². The molecule has 3 aromatic carbocycles. The van der Waals surface area contributed by atoms with Gasteiger partial charge in [-0.1, -0.05) is 43.3 Å². The highest BCUT2D eigenvalue weighted by molar-refractivity contribution is 6.10. The summed E-state index contributed by atoms with van der Waals surface area (Å²) in [6.07, 6.45) is 2.31. The van der Waals surface area contributed by atoms with E-state index in [1.54, 1.807) is 53.1 Å². The maximum atomic E-state index is 13.4. The van der Waals surface area contributed by atoms with Crippen molar-refractivity contribution in [2.45, 2.75) is 26.8 Å². The molecule has 0 bridgehead atoms. The topological polar surface area (TPSA) is 86.6 Å². The van der Waals surface area contributed by atoms with Gasteiger partial charge in [-0.15, -0.1) is 0 Å². The molecule has 1 N–H and O–H groups in total. The Hall–Kier alpha value is -4.39. The zero-order valence-corrected chi connectivity index (χ0v) is 20.5. The van der Waals surface area contributed by atoms with E-state index in [0.29, 0.717) is 40.3 Å². The molecule has 0 atom stereocenters. The molecule has 0 saturated carbocycles. The first-order valence-corrected chi connectivity index (χ1v) is 11.8. The quantitative estimate of drug-likeness (QED) is 0.344. The van der Waals surface area contributed by atoms with Gasteiger partial charge in [0.25, 0.3) is 0 Å². The van der Waals surface area contributed by atoms with E-state index in [0.717, 1.165) is 12.0 Å². The number of aryl methyl sites for hydroxylation is 1. The van der Waals surface area contributed by atoms with Crippen molar-refractivity contribution in [3.05, 3.63) is 99.8 Å². The lowest BCUT2D eigenvalue weighted by atomic mass is 10.0. The lowest BCUT2D eigenvalue weighted by Gasteiger charge is -2.15. The fourth-order valence-electron chi connectivity index (χ4n) is 4.07. The van der Waals surface area contributed by atoms with Gasteiger partial charge in [-0.05, 0) is 49.2 Å². The largest absolute Gasteiger partial charge is 0.495 e. The molecule has 0 aliphatic carbocycles. The predicted molar refractivity (Wildman–Crippen MR) is 140 cm³/mol. The molecule has 1 aromatic heterocycles. The summed E-state index contributed by atoms with van der Waals surface area (Å²) in [7, 11) is 1.53. The zero-order valence-electron chi connectivity index (χ0n) is 20.5. The summed E-state index contributed by atoms with van der Waals surface area (Å²) in [6, 6.07) is 19.4. The first-order valence-electron chi connectivity index (χ1n) is 11.8. The number of carbonyl (C=O) groups is 2. The Bertz CT molecular complexity index is 1470. The fraction of sp³-hybridized carbons (Fsp3) is 0.207. The van der Waals surface area contributed by atoms with Crippen LogP contribution in [0, 0.1) is 0 Å². The Morgan fingerprint density at radius 2 is 1.72 bits per heavy atom. The van der Waals surface area contributed by atoms with E-state index in [-0.39, 0.29) is 18.0 Å². The maximum absolute atomic E-state index is 13.4. The van der Waals surface area contributed by atoms with Crippen molar-refractivity contribution in [1.29, 1.82) is 0 Å². The van der Waals surface area contributed by atoms with Gasteiger partial charge in [0.15, 0.2) is 5.78 Å². The Kier molecular flexibility index (Phi) is 7.49. The van der Waals surface area contributed by atoms with Gasteiger partial charge in [0, 0.05) is 11.8 Å². The number of methoxy groups -OCH3 is 1. The normalized spacial score (nSPS) is 10.8. The molecule has 0 unspecified atom stereocenters. The minimum absolute atomic E-state index is 0.00881. The van der Waals surface area contributed by atoms with Gasteiger partial charge in [0.05, 0.1) is 35.9 Å². The highest BCUT2D eigenvalue weighted by Crippen LogP contribution is 2.24. The number of hydrogen-bond donors (Lipinski definition) is 1. The monoisotopic (exact) mass is 484 g/mol. The molecule has 36 heavy (non-hydrogen) atoms. The van der Waals surface area contributed by atoms with Gasteiger partial charge in [-0.25, -0.2) is 0 Å². The first-order chi connectivity index (χ1) is 17.4. The Balaban J connectivity index is 1.77. The Morgan fingerprint density at radius 3 is 2.42 bits per heavy atom. The van der Waals surface area contributed by atoms with Gasteiger partial charge in [-0.2, -0.15) is 0 Å². The average Bonchev–Trinajstić information content (AvgIpc) is 2.90. The van der Waals surface area contributed by atoms with Crippen molar-refractivity contribution in [1.82, 2.24) is 4.57 Å². The van der Waals surface area contributed by atoms with Crippen LogP contribution in [0.1, 0.15) is 35.3 Å². The molecule has 0 saturated heterocycles. The van der Waals surface area contributed by atoms with Crippen molar-refractivity contribution in [3.8, 4) is 11.5 Å². The third-order valence-corrected chi connectivity index (χ3v) is 5.93. The minimum atomic E-state index is -0.405. The number of anilines is 1. The number of nitrogens with zero attached hydrogens (tertiary/aromatic N) is 1. The third kappa shape index (κ3) is 5.15. The van der Waals surface area contributed by atoms with Crippen molar-refractivity contribution in [2.24, 2.45) is 0 Å². The number of carbonyl (C=O) groups excluding carboxylic acids is 2. The van der Waals surface area contributed by atoms with E-state index < -0.39 is 11.2 Å². The van der Waals surface area contributed by atoms with Gasteiger partial charge in [0.1, 0.15) is 18.0 Å². The molecular weight excluding hydrogens is 456 g/mol. The number of para-hydroxylation sites is 2. The molecule has 1 heterocycles. The number of benzene rings is 3. The number of ketones is 1. The molecule has 0 radical (unpaired) electrons. The van der Waals surface area contributed by atoms with Crippen molar-refractivity contribution >= 4 is 28.3 Å². The number of amides is 1. The summed E-state index contributed by atoms with van der Waals surface area (Å²) in [6.45, 7) is 4.21. The molecule has 0 spiro atoms. The van der Waals surface area contributed by atoms with Crippen LogP contribution in [0.3, 0.4) is 0 Å². The van der Waals surface area contributed by atoms with Crippen molar-refractivity contribution < 1.29 is 19.1 Å². The molecule has 0 fully saturated rings. The van der Waals surface area contributed by atoms with E-state index in [1.807, 2.05) is 32.0 Å². The predicted octanol–water partition coefficient (Wildman–Crippen LogP) is 4.84. The number of ether oxygens (including phenoxy) is 2. The van der Waals surface area contributed by atoms with Crippen molar-refractivity contribution in [3.63, 3.8) is 0 Å². The summed E-state index contributed by atoms with van der Waals surface area (Å²) in [5.74, 6) is 0.321. The molecule has 1 amide bonds. The van der Waals surface area contributed by atoms with E-state index in [9.17, 15) is 14.4 Å². The highest BCUT2D eigenvalue weighted by atomic mass is 16.5. The summed E-state index contributed by atoms with van der Waals surface area (Å²) < 4.78 is 12.5. The summed E-state index contributed by atoms with van der Waals surface area (Å²) in [4.78, 5) is 39.8. The van der Waals surface area contributed by atoms with Gasteiger partial charge in [0.2, 0.25) is 11.3 Å². The number of fused-ring (bicyclic) bond motifs is 1. The second-order valence-electron chi connectivity index (χ2n) is 8.24. The molecule has 184 valence electrons. The smallest absolute Gasteiger partial charge is 0.244 e. The van der Waals surface area contributed by atoms with Crippen LogP contribution >= 0.6 is 0 Å². The van der Waals surface area contributed by atoms with Crippen LogP contribution in [-0.4, -0.2) is 30.0 Å². The van der Waals surface area contributed by atoms with Gasteiger partial charge in [-0.3, -0.25) is 14.4 Å². The zero-order chi connectivity index (χ0) is 25.7. The van der Waals surface area contributed by atoms with Crippen LogP contribution in [0.4, 0.5) is 5.69 Å². The molecule has 7 nitrogen and oxygen atoms in total. The van der Waals surface area contributed by atoms with E-state index in [4.69, 9.17) is 9.47 Å². The minimum Gasteiger partial charge on any atom is -0.495 e. The van der Waals surface area contributed by atoms with Crippen molar-refractivity contribution in [2.75, 3.05) is 19.0 Å². The number of hydrogen-bond acceptors (Lipinski definition) is 5. The molecular formula is C29H28N2O5. The van der Waals surface area contributed by atoms with Crippen LogP contribution in [-0.2, 0) is 17.8 Å². The van der Waals surface area contributed by atoms with Crippen LogP contribution < -0.4 is 20.2 Å². The maximum Gasteiger partial charge on any atom is 0.244 e. The summed E-state index contributed by atoms with van der Waals surface area (Å²) in [5.41, 5.74) is 2.15. The van der Waals surface area contributed by atoms with Gasteiger partial charge >= 0.3 is 0 Å². The molecule has 7 heteroatoms. The molecule has 0 aliphatic rings. The van der Waals surface area contributed by atoms with E-state index in [2.05, 4.69) is 5.32 Å². The fourth-order valence-corrected chi connectivity index (χ4v) is 4.07. The number of rotatable bonds is 9. The van der Waals surface area contributed by atoms with Crippen LogP contribution in [0.15, 0.2) is 77.7 Å². The third-order valence-electron chi connectivity index (χ3n) is 5.93. The first kappa shape index (κ1) is 24.7. The highest BCUT2D eigenvalue weighted by Gasteiger charge is 2.19. The number of pyridine rings is 1. The lowest BCUT2D eigenvalue weighted by Crippen LogP contribution is -2.24. The second kappa shape index (κ2) is 10.9. The Morgan fingerprint density at radius 1 is 0.972 bits per heavy atom. The van der Waals surface area contributed by atoms with Crippen LogP contribution in [0.5, 0.6) is 11.5 Å². The second-order valence-corrected chi connectivity index (χ2v) is 8.24. The summed E-state index contributed by atoms with van der Waals surface area (Å²) in [5, 5.41) is 3.15. The molecule has 4 aromatic rings. The van der Waals surface area contributed by atoms with Crippen LogP contribution in [0.2, 0.25) is 0 Å². The molecule has 0 aliphatic heterocycles. The van der Waals surface area contributed by atoms with E-state index in [1.165, 1.54) is 13.3 Å². The lowest BCUT2D eigenvalue weighted by molar-refractivity contribution is -0.116. The van der Waals surface area contributed by atoms with Gasteiger partial charge < -0.3 is 19.4 Å². The SMILES string of the molecule is CCOc1ccc2c(c1)c(=O)c(C(=O)c1ccc(CC)cc1)cn2CC(=O)Nc1ccccc1OC. The standard InChI is InChI=1S/C29H28N2O5/c1-4-19-10-12-20(13-11-19)28(33)23-17-31(18-27(32)30-24-8-6-7-9-26(24)35-3)25-15-14-21(36-5-2)16-22(25)29(23)34/h6-17H,4-5,18H2,1-3H3,(H,30,32). The average molecular weight is 485 g/mol. The van der Waals surface area contributed by atoms with Crippen LogP contribution in [0.25, 0.3) is 10.9 Å². The Labute approximate surface area is 209 Å². The summed E-state index contributed by atoms with van der Waals surface area (Å²) >= 11 is 0. The number of nitrogens with one attached hydrogen (secondary N) is 1. The number of aromatic nitrogens is 1.